The molecule has 0 radical (unpaired) electrons. The van der Waals surface area contributed by atoms with Gasteiger partial charge in [-0.05, 0) is 20.8 Å². The Morgan fingerprint density at radius 2 is 2.04 bits per heavy atom. The smallest absolute Gasteiger partial charge is 0.407 e. The van der Waals surface area contributed by atoms with Crippen LogP contribution in [0.25, 0.3) is 0 Å². The lowest BCUT2D eigenvalue weighted by Gasteiger charge is -2.20. The molecule has 0 aromatic carbocycles. The predicted octanol–water partition coefficient (Wildman–Crippen LogP) is 0.619. The number of hydrogen-bond acceptors (Lipinski definition) is 6. The Kier molecular flexibility index (Phi) is 7.02. The fourth-order valence-corrected chi connectivity index (χ4v) is 1.89. The van der Waals surface area contributed by atoms with Crippen LogP contribution in [0.3, 0.4) is 0 Å². The van der Waals surface area contributed by atoms with Crippen LogP contribution < -0.4 is 10.6 Å². The van der Waals surface area contributed by atoms with E-state index in [1.54, 1.807) is 27.1 Å². The zero-order chi connectivity index (χ0) is 17.5. The highest BCUT2D eigenvalue weighted by Crippen LogP contribution is 2.06. The van der Waals surface area contributed by atoms with Crippen LogP contribution >= 0.6 is 0 Å². The molecule has 130 valence electrons. The molecule has 23 heavy (non-hydrogen) atoms. The molecule has 1 aromatic heterocycles. The van der Waals surface area contributed by atoms with Gasteiger partial charge < -0.3 is 24.7 Å². The number of carbonyl (C=O) groups is 2. The molecule has 1 atom stereocenters. The molecule has 2 N–H and O–H groups in total. The van der Waals surface area contributed by atoms with Gasteiger partial charge in [0.25, 0.3) is 0 Å². The number of ether oxygens (including phenoxy) is 2. The van der Waals surface area contributed by atoms with Crippen molar-refractivity contribution < 1.29 is 19.1 Å². The number of amides is 1. The van der Waals surface area contributed by atoms with Crippen molar-refractivity contribution in [3.05, 3.63) is 18.2 Å². The van der Waals surface area contributed by atoms with Crippen molar-refractivity contribution in [3.63, 3.8) is 0 Å². The lowest BCUT2D eigenvalue weighted by Crippen LogP contribution is -2.44. The molecule has 0 unspecified atom stereocenters. The summed E-state index contributed by atoms with van der Waals surface area (Å²) in [6.45, 7) is 6.14. The Labute approximate surface area is 136 Å². The van der Waals surface area contributed by atoms with Gasteiger partial charge in [-0.15, -0.1) is 0 Å². The third-order valence-corrected chi connectivity index (χ3v) is 2.84. The van der Waals surface area contributed by atoms with Gasteiger partial charge in [0.2, 0.25) is 0 Å². The van der Waals surface area contributed by atoms with Crippen molar-refractivity contribution in [2.45, 2.75) is 38.8 Å². The molecule has 0 bridgehead atoms. The summed E-state index contributed by atoms with van der Waals surface area (Å²) in [7, 11) is 3.20. The maximum Gasteiger partial charge on any atom is 0.407 e. The molecule has 0 saturated heterocycles. The molecule has 0 aliphatic rings. The van der Waals surface area contributed by atoms with Gasteiger partial charge >= 0.3 is 12.1 Å². The van der Waals surface area contributed by atoms with Crippen molar-refractivity contribution in [1.29, 1.82) is 0 Å². The Morgan fingerprint density at radius 3 is 2.57 bits per heavy atom. The van der Waals surface area contributed by atoms with Crippen molar-refractivity contribution in [2.75, 3.05) is 20.2 Å². The average molecular weight is 326 g/mol. The highest BCUT2D eigenvalue weighted by atomic mass is 16.6. The molecule has 1 heterocycles. The van der Waals surface area contributed by atoms with E-state index < -0.39 is 17.7 Å². The van der Waals surface area contributed by atoms with E-state index in [-0.39, 0.29) is 5.97 Å². The molecule has 0 aliphatic heterocycles. The second-order valence-electron chi connectivity index (χ2n) is 6.19. The summed E-state index contributed by atoms with van der Waals surface area (Å²) in [4.78, 5) is 27.5. The number of rotatable bonds is 7. The first-order valence-electron chi connectivity index (χ1n) is 7.46. The van der Waals surface area contributed by atoms with Crippen LogP contribution in [-0.4, -0.2) is 53.5 Å². The molecule has 1 aromatic rings. The van der Waals surface area contributed by atoms with Gasteiger partial charge in [-0.3, -0.25) is 4.79 Å². The topological polar surface area (TPSA) is 94.5 Å². The van der Waals surface area contributed by atoms with E-state index in [0.29, 0.717) is 19.5 Å². The standard InChI is InChI=1S/C15H26N4O4/c1-15(2,3)23-14(21)17-7-6-16-12(13(20)22-5)8-11-9-19(4)10-18-11/h9-10,12,16H,6-8H2,1-5H3,(H,17,21)/t12-/m0/s1. The molecule has 8 heteroatoms. The quantitative estimate of drug-likeness (QED) is 0.563. The minimum atomic E-state index is -0.537. The summed E-state index contributed by atoms with van der Waals surface area (Å²) < 4.78 is 11.7. The zero-order valence-electron chi connectivity index (χ0n) is 14.4. The first-order valence-corrected chi connectivity index (χ1v) is 7.46. The maximum absolute atomic E-state index is 11.8. The van der Waals surface area contributed by atoms with Gasteiger partial charge in [0.15, 0.2) is 0 Å². The summed E-state index contributed by atoms with van der Waals surface area (Å²) in [5, 5.41) is 5.68. The van der Waals surface area contributed by atoms with Crippen LogP contribution in [0.4, 0.5) is 4.79 Å². The van der Waals surface area contributed by atoms with Gasteiger partial charge in [-0.1, -0.05) is 0 Å². The van der Waals surface area contributed by atoms with Crippen molar-refractivity contribution >= 4 is 12.1 Å². The van der Waals surface area contributed by atoms with Crippen LogP contribution in [0.1, 0.15) is 26.5 Å². The lowest BCUT2D eigenvalue weighted by atomic mass is 10.1. The summed E-state index contributed by atoms with van der Waals surface area (Å²) in [5.74, 6) is -0.368. The fourth-order valence-electron chi connectivity index (χ4n) is 1.89. The van der Waals surface area contributed by atoms with Crippen molar-refractivity contribution in [3.8, 4) is 0 Å². The van der Waals surface area contributed by atoms with Gasteiger partial charge in [-0.25, -0.2) is 9.78 Å². The first kappa shape index (κ1) is 19.0. The maximum atomic E-state index is 11.8. The normalized spacial score (nSPS) is 12.6. The highest BCUT2D eigenvalue weighted by Gasteiger charge is 2.20. The summed E-state index contributed by atoms with van der Waals surface area (Å²) in [6, 6.07) is -0.518. The molecular weight excluding hydrogens is 300 g/mol. The van der Waals surface area contributed by atoms with E-state index in [1.165, 1.54) is 7.11 Å². The number of imidazole rings is 1. The van der Waals surface area contributed by atoms with Crippen LogP contribution in [0.5, 0.6) is 0 Å². The van der Waals surface area contributed by atoms with Gasteiger partial charge in [0, 0.05) is 32.8 Å². The number of alkyl carbamates (subject to hydrolysis) is 1. The molecule has 8 nitrogen and oxygen atoms in total. The summed E-state index contributed by atoms with van der Waals surface area (Å²) in [6.07, 6.45) is 3.45. The number of nitrogens with zero attached hydrogens (tertiary/aromatic N) is 2. The van der Waals surface area contributed by atoms with Crippen LogP contribution in [-0.2, 0) is 27.7 Å². The number of nitrogens with one attached hydrogen (secondary N) is 2. The van der Waals surface area contributed by atoms with Gasteiger partial charge in [0.05, 0.1) is 19.1 Å². The summed E-state index contributed by atoms with van der Waals surface area (Å²) in [5.41, 5.74) is 0.251. The van der Waals surface area contributed by atoms with Crippen LogP contribution in [0.2, 0.25) is 0 Å². The highest BCUT2D eigenvalue weighted by molar-refractivity contribution is 5.76. The fraction of sp³-hybridized carbons (Fsp3) is 0.667. The van der Waals surface area contributed by atoms with E-state index in [1.807, 2.05) is 17.8 Å². The number of aryl methyl sites for hydroxylation is 1. The average Bonchev–Trinajstić information content (AvgIpc) is 2.84. The molecule has 0 saturated carbocycles. The van der Waals surface area contributed by atoms with Crippen molar-refractivity contribution in [2.24, 2.45) is 7.05 Å². The van der Waals surface area contributed by atoms with E-state index in [2.05, 4.69) is 15.6 Å². The molecular formula is C15H26N4O4. The Hall–Kier alpha value is -2.09. The number of methoxy groups -OCH3 is 1. The number of esters is 1. The molecule has 1 rings (SSSR count). The Bertz CT molecular complexity index is 522. The Balaban J connectivity index is 2.40. The zero-order valence-corrected chi connectivity index (χ0v) is 14.4. The minimum Gasteiger partial charge on any atom is -0.468 e. The van der Waals surface area contributed by atoms with Crippen LogP contribution in [0.15, 0.2) is 12.5 Å². The number of aromatic nitrogens is 2. The van der Waals surface area contributed by atoms with E-state index in [0.717, 1.165) is 5.69 Å². The lowest BCUT2D eigenvalue weighted by molar-refractivity contribution is -0.143. The largest absolute Gasteiger partial charge is 0.468 e. The predicted molar refractivity (Wildman–Crippen MR) is 85.0 cm³/mol. The van der Waals surface area contributed by atoms with Crippen molar-refractivity contribution in [1.82, 2.24) is 20.2 Å². The first-order chi connectivity index (χ1) is 10.7. The third kappa shape index (κ3) is 7.64. The molecule has 0 aliphatic carbocycles. The van der Waals surface area contributed by atoms with E-state index in [9.17, 15) is 9.59 Å². The van der Waals surface area contributed by atoms with Gasteiger partial charge in [-0.2, -0.15) is 0 Å². The molecule has 0 fully saturated rings. The van der Waals surface area contributed by atoms with Crippen LogP contribution in [0, 0.1) is 0 Å². The minimum absolute atomic E-state index is 0.338. The SMILES string of the molecule is COC(=O)[C@H](Cc1cn(C)cn1)NCCNC(=O)OC(C)(C)C. The van der Waals surface area contributed by atoms with E-state index in [4.69, 9.17) is 9.47 Å². The number of hydrogen-bond donors (Lipinski definition) is 2. The molecule has 0 spiro atoms. The molecule has 1 amide bonds. The second kappa shape index (κ2) is 8.52. The Morgan fingerprint density at radius 1 is 1.35 bits per heavy atom. The number of carbonyl (C=O) groups excluding carboxylic acids is 2. The van der Waals surface area contributed by atoms with E-state index >= 15 is 0 Å². The summed E-state index contributed by atoms with van der Waals surface area (Å²) >= 11 is 0. The van der Waals surface area contributed by atoms with Gasteiger partial charge in [0.1, 0.15) is 11.6 Å². The second-order valence-corrected chi connectivity index (χ2v) is 6.19. The third-order valence-electron chi connectivity index (χ3n) is 2.84. The monoisotopic (exact) mass is 326 g/mol.